The third-order valence-electron chi connectivity index (χ3n) is 2.23. The number of aliphatic hydroxyl groups excluding tert-OH is 1. The van der Waals surface area contributed by atoms with Gasteiger partial charge in [0.25, 0.3) is 0 Å². The fourth-order valence-electron chi connectivity index (χ4n) is 1.30. The molecule has 1 aliphatic heterocycles. The number of carboxylic acid groups (broad SMARTS) is 1. The molecule has 0 aromatic carbocycles. The van der Waals surface area contributed by atoms with Crippen LogP contribution in [0.5, 0.6) is 0 Å². The van der Waals surface area contributed by atoms with Crippen molar-refractivity contribution >= 4 is 12.3 Å². The maximum Gasteiger partial charge on any atom is 0.305 e. The van der Waals surface area contributed by atoms with E-state index < -0.39 is 11.4 Å². The second kappa shape index (κ2) is 15.2. The van der Waals surface area contributed by atoms with Crippen LogP contribution < -0.4 is 0 Å². The van der Waals surface area contributed by atoms with Crippen molar-refractivity contribution < 1.29 is 113 Å². The van der Waals surface area contributed by atoms with Crippen LogP contribution in [0.4, 0.5) is 0 Å². The molecule has 6 nitrogen and oxygen atoms in total. The summed E-state index contributed by atoms with van der Waals surface area (Å²) in [5.41, 5.74) is -0.543. The zero-order valence-electron chi connectivity index (χ0n) is 10.3. The van der Waals surface area contributed by atoms with E-state index >= 15 is 0 Å². The van der Waals surface area contributed by atoms with Crippen LogP contribution in [-0.2, 0) is 19.1 Å². The molecule has 1 rings (SSSR count). The topological polar surface area (TPSA) is 93.1 Å². The first kappa shape index (κ1) is 24.8. The summed E-state index contributed by atoms with van der Waals surface area (Å²) in [6, 6.07) is 0. The Kier molecular flexibility index (Phi) is 20.9. The van der Waals surface area contributed by atoms with Crippen molar-refractivity contribution in [3.63, 3.8) is 0 Å². The van der Waals surface area contributed by atoms with Gasteiger partial charge in [-0.15, -0.1) is 0 Å². The molecule has 0 radical (unpaired) electrons. The molecule has 0 saturated carbocycles. The minimum Gasteiger partial charge on any atom is -0.481 e. The number of hydrogen-bond acceptors (Lipinski definition) is 5. The molecule has 8 heteroatoms. The number of carbonyl (C=O) groups excluding carboxylic acids is 1. The Labute approximate surface area is 174 Å². The first-order chi connectivity index (χ1) is 7.68. The van der Waals surface area contributed by atoms with Crippen molar-refractivity contribution in [1.29, 1.82) is 0 Å². The van der Waals surface area contributed by atoms with Crippen LogP contribution in [0.1, 0.15) is 12.8 Å². The molecule has 0 aromatic rings. The van der Waals surface area contributed by atoms with E-state index in [4.69, 9.17) is 19.7 Å². The van der Waals surface area contributed by atoms with E-state index in [2.05, 4.69) is 0 Å². The maximum absolute atomic E-state index is 10.8. The minimum atomic E-state index is -0.896. The van der Waals surface area contributed by atoms with Gasteiger partial charge in [0, 0.05) is 97.2 Å². The largest absolute Gasteiger partial charge is 0.481 e. The molecule has 1 heterocycles. The number of carbonyl (C=O) groups is 2. The fraction of sp³-hybridized carbons (Fsp3) is 0.800. The molecule has 0 spiro atoms. The fourth-order valence-corrected chi connectivity index (χ4v) is 1.30. The van der Waals surface area contributed by atoms with Gasteiger partial charge in [0.2, 0.25) is 0 Å². The Bertz CT molecular complexity index is 218. The van der Waals surface area contributed by atoms with Crippen LogP contribution in [0, 0.1) is 88.9 Å². The maximum atomic E-state index is 10.8. The van der Waals surface area contributed by atoms with Gasteiger partial charge in [-0.05, 0) is 6.42 Å². The molecule has 2 N–H and O–H groups in total. The van der Waals surface area contributed by atoms with Crippen molar-refractivity contribution in [1.82, 2.24) is 0 Å². The molecule has 1 saturated heterocycles. The Morgan fingerprint density at radius 1 is 1.44 bits per heavy atom. The summed E-state index contributed by atoms with van der Waals surface area (Å²) in [4.78, 5) is 21.0. The van der Waals surface area contributed by atoms with Crippen LogP contribution >= 0.6 is 0 Å². The Hall–Kier alpha value is 1.77. The van der Waals surface area contributed by atoms with Crippen LogP contribution in [-0.4, -0.2) is 56.0 Å². The summed E-state index contributed by atoms with van der Waals surface area (Å²) in [5, 5.41) is 15.4. The molecule has 0 amide bonds. The van der Waals surface area contributed by atoms with Crippen molar-refractivity contribution in [3.05, 3.63) is 0 Å². The predicted molar refractivity (Wildman–Crippen MR) is 55.1 cm³/mol. The predicted octanol–water partition coefficient (Wildman–Crippen LogP) is -0.308. The number of aliphatic hydroxyl groups is 1. The zero-order chi connectivity index (χ0) is 12.4. The van der Waals surface area contributed by atoms with Crippen LogP contribution in [0.3, 0.4) is 0 Å². The smallest absolute Gasteiger partial charge is 0.305 e. The number of hydrogen-bond donors (Lipinski definition) is 2. The molecule has 1 fully saturated rings. The second-order valence-corrected chi connectivity index (χ2v) is 3.48. The van der Waals surface area contributed by atoms with E-state index in [0.717, 1.165) is 13.4 Å². The van der Waals surface area contributed by atoms with Crippen molar-refractivity contribution in [2.45, 2.75) is 12.8 Å². The summed E-state index contributed by atoms with van der Waals surface area (Å²) in [6.07, 6.45) is 1.47. The molecular weight excluding hydrogens is 496 g/mol. The van der Waals surface area contributed by atoms with E-state index in [1.54, 1.807) is 0 Å². The second-order valence-electron chi connectivity index (χ2n) is 3.48. The van der Waals surface area contributed by atoms with Gasteiger partial charge in [0.05, 0.1) is 31.7 Å². The third kappa shape index (κ3) is 10.5. The van der Waals surface area contributed by atoms with Gasteiger partial charge in [0.15, 0.2) is 0 Å². The third-order valence-corrected chi connectivity index (χ3v) is 2.23. The van der Waals surface area contributed by atoms with Gasteiger partial charge in [-0.2, -0.15) is 0 Å². The number of rotatable bonds is 6. The standard InChI is InChI=1S/C9H14O5.CH4O.2Ce/c10-5-9(2-4-14-7-9)6-13-3-1-8(11)12;1-2;;/h5H,1-4,6-7H2,(H,11,12);2H,1H3;;. The first-order valence-corrected chi connectivity index (χ1v) is 4.97. The van der Waals surface area contributed by atoms with Crippen LogP contribution in [0.2, 0.25) is 0 Å². The summed E-state index contributed by atoms with van der Waals surface area (Å²) < 4.78 is 10.2. The van der Waals surface area contributed by atoms with E-state index in [9.17, 15) is 9.59 Å². The monoisotopic (exact) mass is 514 g/mol. The number of ether oxygens (including phenoxy) is 2. The van der Waals surface area contributed by atoms with E-state index in [1.807, 2.05) is 0 Å². The molecule has 18 heavy (non-hydrogen) atoms. The normalized spacial score (nSPS) is 20.8. The Balaban J connectivity index is -0.000000534. The quantitative estimate of drug-likeness (QED) is 0.374. The molecule has 0 aliphatic carbocycles. The van der Waals surface area contributed by atoms with Crippen molar-refractivity contribution in [2.24, 2.45) is 5.41 Å². The molecule has 0 bridgehead atoms. The van der Waals surface area contributed by atoms with Gasteiger partial charge >= 0.3 is 5.97 Å². The van der Waals surface area contributed by atoms with Crippen molar-refractivity contribution in [3.8, 4) is 0 Å². The molecule has 0 aromatic heterocycles. The molecular formula is C10H18Ce2O6. The van der Waals surface area contributed by atoms with Gasteiger partial charge in [-0.3, -0.25) is 4.79 Å². The van der Waals surface area contributed by atoms with Gasteiger partial charge in [-0.1, -0.05) is 0 Å². The molecule has 1 aliphatic rings. The Morgan fingerprint density at radius 3 is 2.44 bits per heavy atom. The molecule has 1 unspecified atom stereocenters. The van der Waals surface area contributed by atoms with Gasteiger partial charge in [0.1, 0.15) is 6.29 Å². The zero-order valence-corrected chi connectivity index (χ0v) is 16.6. The SMILES string of the molecule is CO.O=CC1(COCCC(=O)O)CCOC1.[Ce].[Ce]. The van der Waals surface area contributed by atoms with E-state index in [1.165, 1.54) is 0 Å². The average Bonchev–Trinajstić information content (AvgIpc) is 2.76. The molecule has 102 valence electrons. The van der Waals surface area contributed by atoms with Crippen LogP contribution in [0.25, 0.3) is 0 Å². The molecule has 1 atom stereocenters. The van der Waals surface area contributed by atoms with Crippen molar-refractivity contribution in [2.75, 3.05) is 33.5 Å². The Morgan fingerprint density at radius 2 is 2.06 bits per heavy atom. The van der Waals surface area contributed by atoms with E-state index in [-0.39, 0.29) is 103 Å². The van der Waals surface area contributed by atoms with Crippen LogP contribution in [0.15, 0.2) is 0 Å². The van der Waals surface area contributed by atoms with E-state index in [0.29, 0.717) is 19.6 Å². The summed E-state index contributed by atoms with van der Waals surface area (Å²) in [7, 11) is 1.00. The van der Waals surface area contributed by atoms with Gasteiger partial charge in [-0.25, -0.2) is 0 Å². The summed E-state index contributed by atoms with van der Waals surface area (Å²) >= 11 is 0. The number of aliphatic carboxylic acids is 1. The minimum absolute atomic E-state index is 0. The van der Waals surface area contributed by atoms with Gasteiger partial charge < -0.3 is 24.5 Å². The number of carboxylic acids is 1. The first-order valence-electron chi connectivity index (χ1n) is 4.97. The number of aldehydes is 1. The summed E-state index contributed by atoms with van der Waals surface area (Å²) in [5.74, 6) is -0.896. The summed E-state index contributed by atoms with van der Waals surface area (Å²) in [6.45, 7) is 1.35. The average molecular weight is 514 g/mol.